The Labute approximate surface area is 104 Å². The van der Waals surface area contributed by atoms with E-state index >= 15 is 0 Å². The summed E-state index contributed by atoms with van der Waals surface area (Å²) in [6.45, 7) is 1.83. The smallest absolute Gasteiger partial charge is 0.171 e. The zero-order chi connectivity index (χ0) is 13.1. The van der Waals surface area contributed by atoms with E-state index in [9.17, 15) is 9.18 Å². The van der Waals surface area contributed by atoms with Gasteiger partial charge in [-0.1, -0.05) is 18.2 Å². The van der Waals surface area contributed by atoms with Crippen LogP contribution in [0.1, 0.15) is 21.5 Å². The molecule has 2 rings (SSSR count). The Hall–Kier alpha value is -2.23. The Morgan fingerprint density at radius 2 is 2.11 bits per heavy atom. The number of halogens is 1. The molecule has 18 heavy (non-hydrogen) atoms. The van der Waals surface area contributed by atoms with Gasteiger partial charge in [0.1, 0.15) is 11.6 Å². The van der Waals surface area contributed by atoms with E-state index in [1.807, 2.05) is 6.92 Å². The molecule has 3 nitrogen and oxygen atoms in total. The standard InChI is InChI=1S/C14H13FN2O/c1-9-6-11(14(16)17-8-9)13(18)7-10-4-2-3-5-12(10)15/h2-6,8H,7H2,1H3,(H2,16,17). The molecule has 1 heterocycles. The molecule has 0 radical (unpaired) electrons. The maximum absolute atomic E-state index is 13.4. The lowest BCUT2D eigenvalue weighted by Crippen LogP contribution is -2.09. The monoisotopic (exact) mass is 244 g/mol. The lowest BCUT2D eigenvalue weighted by Gasteiger charge is -2.06. The highest BCUT2D eigenvalue weighted by Crippen LogP contribution is 2.15. The minimum atomic E-state index is -0.384. The number of aryl methyl sites for hydroxylation is 1. The summed E-state index contributed by atoms with van der Waals surface area (Å²) in [5.74, 6) is -0.430. The van der Waals surface area contributed by atoms with Crippen LogP contribution < -0.4 is 5.73 Å². The van der Waals surface area contributed by atoms with Gasteiger partial charge in [0, 0.05) is 12.6 Å². The van der Waals surface area contributed by atoms with E-state index in [2.05, 4.69) is 4.98 Å². The van der Waals surface area contributed by atoms with Gasteiger partial charge in [-0.2, -0.15) is 0 Å². The number of nitrogens with zero attached hydrogens (tertiary/aromatic N) is 1. The normalized spacial score (nSPS) is 10.3. The highest BCUT2D eigenvalue weighted by Gasteiger charge is 2.13. The van der Waals surface area contributed by atoms with Crippen molar-refractivity contribution >= 4 is 11.6 Å². The lowest BCUT2D eigenvalue weighted by atomic mass is 10.0. The molecule has 0 atom stereocenters. The Kier molecular flexibility index (Phi) is 3.37. The van der Waals surface area contributed by atoms with E-state index in [1.54, 1.807) is 30.5 Å². The number of ketones is 1. The maximum Gasteiger partial charge on any atom is 0.171 e. The molecule has 0 aliphatic carbocycles. The molecule has 4 heteroatoms. The number of carbonyl (C=O) groups is 1. The zero-order valence-electron chi connectivity index (χ0n) is 9.98. The van der Waals surface area contributed by atoms with Crippen LogP contribution in [0.15, 0.2) is 36.5 Å². The SMILES string of the molecule is Cc1cnc(N)c(C(=O)Cc2ccccc2F)c1. The van der Waals surface area contributed by atoms with Crippen molar-refractivity contribution in [2.24, 2.45) is 0 Å². The molecule has 2 N–H and O–H groups in total. The number of hydrogen-bond donors (Lipinski definition) is 1. The Bertz CT molecular complexity index is 596. The number of aromatic nitrogens is 1. The summed E-state index contributed by atoms with van der Waals surface area (Å²) in [5, 5.41) is 0. The van der Waals surface area contributed by atoms with E-state index in [4.69, 9.17) is 5.73 Å². The van der Waals surface area contributed by atoms with Gasteiger partial charge in [-0.05, 0) is 30.2 Å². The minimum absolute atomic E-state index is 0.0119. The van der Waals surface area contributed by atoms with Crippen LogP contribution in [0.4, 0.5) is 10.2 Å². The maximum atomic E-state index is 13.4. The predicted octanol–water partition coefficient (Wildman–Crippen LogP) is 2.54. The van der Waals surface area contributed by atoms with Crippen LogP contribution in [0.25, 0.3) is 0 Å². The molecular weight excluding hydrogens is 231 g/mol. The van der Waals surface area contributed by atoms with Gasteiger partial charge < -0.3 is 5.73 Å². The number of Topliss-reactive ketones (excluding diaryl/α,β-unsaturated/α-hetero) is 1. The van der Waals surface area contributed by atoms with Crippen LogP contribution in [0, 0.1) is 12.7 Å². The van der Waals surface area contributed by atoms with Crippen LogP contribution in [0.3, 0.4) is 0 Å². The van der Waals surface area contributed by atoms with E-state index in [0.29, 0.717) is 11.1 Å². The van der Waals surface area contributed by atoms with Crippen molar-refractivity contribution in [3.8, 4) is 0 Å². The molecule has 1 aromatic heterocycles. The van der Waals surface area contributed by atoms with Crippen LogP contribution in [0.5, 0.6) is 0 Å². The van der Waals surface area contributed by atoms with Gasteiger partial charge in [0.2, 0.25) is 0 Å². The largest absolute Gasteiger partial charge is 0.383 e. The van der Waals surface area contributed by atoms with Crippen LogP contribution >= 0.6 is 0 Å². The first-order valence-electron chi connectivity index (χ1n) is 5.56. The van der Waals surface area contributed by atoms with Gasteiger partial charge in [-0.15, -0.1) is 0 Å². The number of nitrogens with two attached hydrogens (primary N) is 1. The van der Waals surface area contributed by atoms with Gasteiger partial charge in [0.15, 0.2) is 5.78 Å². The van der Waals surface area contributed by atoms with E-state index in [-0.39, 0.29) is 23.8 Å². The second kappa shape index (κ2) is 4.96. The number of hydrogen-bond acceptors (Lipinski definition) is 3. The fourth-order valence-electron chi connectivity index (χ4n) is 1.71. The average molecular weight is 244 g/mol. The van der Waals surface area contributed by atoms with Crippen molar-refractivity contribution in [2.75, 3.05) is 5.73 Å². The minimum Gasteiger partial charge on any atom is -0.383 e. The third kappa shape index (κ3) is 2.53. The lowest BCUT2D eigenvalue weighted by molar-refractivity contribution is 0.0992. The van der Waals surface area contributed by atoms with Gasteiger partial charge in [0.05, 0.1) is 5.56 Å². The second-order valence-corrected chi connectivity index (χ2v) is 4.14. The van der Waals surface area contributed by atoms with Crippen LogP contribution in [-0.2, 0) is 6.42 Å². The zero-order valence-corrected chi connectivity index (χ0v) is 9.98. The van der Waals surface area contributed by atoms with Gasteiger partial charge in [-0.3, -0.25) is 4.79 Å². The highest BCUT2D eigenvalue weighted by molar-refractivity contribution is 6.01. The fourth-order valence-corrected chi connectivity index (χ4v) is 1.71. The number of nitrogen functional groups attached to an aromatic ring is 1. The quantitative estimate of drug-likeness (QED) is 0.844. The number of rotatable bonds is 3. The molecule has 0 unspecified atom stereocenters. The average Bonchev–Trinajstić information content (AvgIpc) is 2.35. The summed E-state index contributed by atoms with van der Waals surface area (Å²) in [7, 11) is 0. The van der Waals surface area contributed by atoms with E-state index in [0.717, 1.165) is 5.56 Å². The summed E-state index contributed by atoms with van der Waals surface area (Å²) in [5.41, 5.74) is 7.21. The topological polar surface area (TPSA) is 56.0 Å². The molecular formula is C14H13FN2O. The van der Waals surface area contributed by atoms with E-state index in [1.165, 1.54) is 6.07 Å². The van der Waals surface area contributed by atoms with Gasteiger partial charge in [-0.25, -0.2) is 9.37 Å². The van der Waals surface area contributed by atoms with Gasteiger partial charge >= 0.3 is 0 Å². The molecule has 0 saturated heterocycles. The van der Waals surface area contributed by atoms with Crippen molar-refractivity contribution in [1.82, 2.24) is 4.98 Å². The summed E-state index contributed by atoms with van der Waals surface area (Å²) >= 11 is 0. The fraction of sp³-hybridized carbons (Fsp3) is 0.143. The molecule has 0 amide bonds. The first-order chi connectivity index (χ1) is 8.58. The summed E-state index contributed by atoms with van der Waals surface area (Å²) in [6.07, 6.45) is 1.58. The van der Waals surface area contributed by atoms with Crippen molar-refractivity contribution in [3.05, 3.63) is 59.0 Å². The summed E-state index contributed by atoms with van der Waals surface area (Å²) < 4.78 is 13.4. The Balaban J connectivity index is 2.28. The molecule has 1 aromatic carbocycles. The Morgan fingerprint density at radius 3 is 2.83 bits per heavy atom. The highest BCUT2D eigenvalue weighted by atomic mass is 19.1. The van der Waals surface area contributed by atoms with Crippen LogP contribution in [-0.4, -0.2) is 10.8 Å². The molecule has 92 valence electrons. The van der Waals surface area contributed by atoms with Crippen molar-refractivity contribution in [1.29, 1.82) is 0 Å². The molecule has 0 fully saturated rings. The van der Waals surface area contributed by atoms with E-state index < -0.39 is 0 Å². The third-order valence-electron chi connectivity index (χ3n) is 2.66. The number of anilines is 1. The predicted molar refractivity (Wildman–Crippen MR) is 67.8 cm³/mol. The second-order valence-electron chi connectivity index (χ2n) is 4.14. The van der Waals surface area contributed by atoms with Crippen molar-refractivity contribution in [3.63, 3.8) is 0 Å². The summed E-state index contributed by atoms with van der Waals surface area (Å²) in [6, 6.07) is 7.88. The molecule has 2 aromatic rings. The molecule has 0 bridgehead atoms. The molecule has 0 spiro atoms. The van der Waals surface area contributed by atoms with Gasteiger partial charge in [0.25, 0.3) is 0 Å². The first kappa shape index (κ1) is 12.2. The third-order valence-corrected chi connectivity index (χ3v) is 2.66. The first-order valence-corrected chi connectivity index (χ1v) is 5.56. The number of pyridine rings is 1. The molecule has 0 saturated carbocycles. The van der Waals surface area contributed by atoms with Crippen LogP contribution in [0.2, 0.25) is 0 Å². The Morgan fingerprint density at radius 1 is 1.39 bits per heavy atom. The number of benzene rings is 1. The number of carbonyl (C=O) groups excluding carboxylic acids is 1. The molecule has 0 aliphatic heterocycles. The van der Waals surface area contributed by atoms with Crippen molar-refractivity contribution in [2.45, 2.75) is 13.3 Å². The molecule has 0 aliphatic rings. The summed E-state index contributed by atoms with van der Waals surface area (Å²) in [4.78, 5) is 16.0. The van der Waals surface area contributed by atoms with Crippen molar-refractivity contribution < 1.29 is 9.18 Å².